The summed E-state index contributed by atoms with van der Waals surface area (Å²) >= 11 is 0. The number of nitrogens with one attached hydrogen (secondary N) is 1. The van der Waals surface area contributed by atoms with Gasteiger partial charge < -0.3 is 10.2 Å². The van der Waals surface area contributed by atoms with E-state index >= 15 is 0 Å². The van der Waals surface area contributed by atoms with Crippen molar-refractivity contribution < 1.29 is 9.72 Å². The summed E-state index contributed by atoms with van der Waals surface area (Å²) in [6.45, 7) is 8.05. The van der Waals surface area contributed by atoms with Crippen LogP contribution < -0.4 is 10.2 Å². The largest absolute Gasteiger partial charge is 0.371 e. The van der Waals surface area contributed by atoms with Gasteiger partial charge in [-0.15, -0.1) is 0 Å². The van der Waals surface area contributed by atoms with Gasteiger partial charge in [-0.1, -0.05) is 19.1 Å². The van der Waals surface area contributed by atoms with Crippen LogP contribution in [0.15, 0.2) is 42.5 Å². The molecule has 0 spiro atoms. The van der Waals surface area contributed by atoms with Crippen molar-refractivity contribution in [3.8, 4) is 0 Å². The Morgan fingerprint density at radius 3 is 2.57 bits per heavy atom. The van der Waals surface area contributed by atoms with Crippen LogP contribution in [0.1, 0.15) is 54.2 Å². The average Bonchev–Trinajstić information content (AvgIpc) is 2.67. The molecule has 3 rings (SSSR count). The Morgan fingerprint density at radius 1 is 1.25 bits per heavy atom. The Hall–Kier alpha value is -2.89. The quantitative estimate of drug-likeness (QED) is 0.605. The lowest BCUT2D eigenvalue weighted by molar-refractivity contribution is -0.385. The molecule has 1 fully saturated rings. The van der Waals surface area contributed by atoms with Crippen LogP contribution in [0, 0.1) is 23.0 Å². The smallest absolute Gasteiger partial charge is 0.272 e. The van der Waals surface area contributed by atoms with Crippen LogP contribution in [-0.4, -0.2) is 23.9 Å². The number of rotatable bonds is 5. The molecule has 1 N–H and O–H groups in total. The number of hydrogen-bond donors (Lipinski definition) is 1. The van der Waals surface area contributed by atoms with E-state index in [0.29, 0.717) is 11.1 Å². The highest BCUT2D eigenvalue weighted by Crippen LogP contribution is 2.25. The lowest BCUT2D eigenvalue weighted by atomic mass is 9.99. The third-order valence-electron chi connectivity index (χ3n) is 5.42. The molecule has 28 heavy (non-hydrogen) atoms. The maximum Gasteiger partial charge on any atom is 0.272 e. The minimum Gasteiger partial charge on any atom is -0.371 e. The van der Waals surface area contributed by atoms with Crippen molar-refractivity contribution >= 4 is 17.3 Å². The monoisotopic (exact) mass is 381 g/mol. The highest BCUT2D eigenvalue weighted by atomic mass is 16.6. The predicted molar refractivity (Wildman–Crippen MR) is 111 cm³/mol. The van der Waals surface area contributed by atoms with E-state index in [0.717, 1.165) is 24.6 Å². The summed E-state index contributed by atoms with van der Waals surface area (Å²) in [5.74, 6) is 0.483. The number of hydrogen-bond acceptors (Lipinski definition) is 4. The summed E-state index contributed by atoms with van der Waals surface area (Å²) in [6.07, 6.45) is 2.52. The van der Waals surface area contributed by atoms with E-state index in [9.17, 15) is 14.9 Å². The molecule has 1 saturated heterocycles. The summed E-state index contributed by atoms with van der Waals surface area (Å²) in [4.78, 5) is 25.4. The van der Waals surface area contributed by atoms with Crippen molar-refractivity contribution in [2.24, 2.45) is 5.92 Å². The molecule has 0 saturated carbocycles. The van der Waals surface area contributed by atoms with E-state index in [1.165, 1.54) is 30.7 Å². The number of benzene rings is 2. The molecule has 1 amide bonds. The first-order chi connectivity index (χ1) is 13.3. The third-order valence-corrected chi connectivity index (χ3v) is 5.42. The highest BCUT2D eigenvalue weighted by molar-refractivity contribution is 5.95. The Morgan fingerprint density at radius 2 is 1.96 bits per heavy atom. The number of amides is 1. The van der Waals surface area contributed by atoms with Crippen LogP contribution in [0.4, 0.5) is 11.4 Å². The zero-order valence-electron chi connectivity index (χ0n) is 16.6. The van der Waals surface area contributed by atoms with Gasteiger partial charge in [-0.05, 0) is 62.4 Å². The molecule has 1 aliphatic heterocycles. The number of anilines is 1. The van der Waals surface area contributed by atoms with E-state index in [1.54, 1.807) is 13.0 Å². The number of nitro benzene ring substituents is 1. The zero-order chi connectivity index (χ0) is 20.3. The molecule has 0 aromatic heterocycles. The molecular weight excluding hydrogens is 354 g/mol. The Balaban J connectivity index is 1.65. The lowest BCUT2D eigenvalue weighted by Crippen LogP contribution is -2.34. The number of aryl methyl sites for hydroxylation is 1. The zero-order valence-corrected chi connectivity index (χ0v) is 16.6. The van der Waals surface area contributed by atoms with Gasteiger partial charge >= 0.3 is 0 Å². The molecular formula is C22H27N3O3. The number of carbonyl (C=O) groups excluding carboxylic acids is 1. The second kappa shape index (κ2) is 8.42. The molecule has 1 aliphatic rings. The second-order valence-corrected chi connectivity index (χ2v) is 7.74. The topological polar surface area (TPSA) is 75.5 Å². The van der Waals surface area contributed by atoms with Gasteiger partial charge in [0.15, 0.2) is 0 Å². The van der Waals surface area contributed by atoms with Crippen LogP contribution in [0.2, 0.25) is 0 Å². The molecule has 2 aromatic rings. The summed E-state index contributed by atoms with van der Waals surface area (Å²) in [7, 11) is 0. The third kappa shape index (κ3) is 4.50. The van der Waals surface area contributed by atoms with Crippen molar-refractivity contribution in [2.45, 2.75) is 39.7 Å². The van der Waals surface area contributed by atoms with Crippen molar-refractivity contribution in [2.75, 3.05) is 18.0 Å². The summed E-state index contributed by atoms with van der Waals surface area (Å²) in [5, 5.41) is 13.9. The standard InChI is InChI=1S/C22H27N3O3/c1-15-5-4-12-24(14-15)20-9-6-18(7-10-20)17(3)23-22(26)19-8-11-21(25(27)28)16(2)13-19/h6-11,13,15,17H,4-5,12,14H2,1-3H3,(H,23,26)/t15-,17+/m1/s1. The van der Waals surface area contributed by atoms with E-state index in [1.807, 2.05) is 6.92 Å². The lowest BCUT2D eigenvalue weighted by Gasteiger charge is -2.33. The van der Waals surface area contributed by atoms with Crippen molar-refractivity contribution in [3.05, 3.63) is 69.3 Å². The maximum atomic E-state index is 12.5. The van der Waals surface area contributed by atoms with Gasteiger partial charge in [-0.25, -0.2) is 0 Å². The van der Waals surface area contributed by atoms with Gasteiger partial charge in [0, 0.05) is 36.0 Å². The first-order valence-corrected chi connectivity index (χ1v) is 9.76. The minimum atomic E-state index is -0.440. The van der Waals surface area contributed by atoms with Crippen LogP contribution in [-0.2, 0) is 0 Å². The Kier molecular flexibility index (Phi) is 5.97. The van der Waals surface area contributed by atoms with E-state index in [4.69, 9.17) is 0 Å². The maximum absolute atomic E-state index is 12.5. The number of nitro groups is 1. The molecule has 0 unspecified atom stereocenters. The first kappa shape index (κ1) is 19.9. The van der Waals surface area contributed by atoms with Crippen LogP contribution in [0.25, 0.3) is 0 Å². The van der Waals surface area contributed by atoms with Gasteiger partial charge in [0.05, 0.1) is 11.0 Å². The van der Waals surface area contributed by atoms with Crippen LogP contribution >= 0.6 is 0 Å². The minimum absolute atomic E-state index is 0.0206. The molecule has 0 aliphatic carbocycles. The number of carbonyl (C=O) groups is 1. The summed E-state index contributed by atoms with van der Waals surface area (Å²) in [6, 6.07) is 12.6. The van der Waals surface area contributed by atoms with Crippen molar-refractivity contribution in [3.63, 3.8) is 0 Å². The molecule has 148 valence electrons. The van der Waals surface area contributed by atoms with E-state index in [-0.39, 0.29) is 17.6 Å². The van der Waals surface area contributed by atoms with E-state index in [2.05, 4.69) is 41.4 Å². The highest BCUT2D eigenvalue weighted by Gasteiger charge is 2.18. The molecule has 6 nitrogen and oxygen atoms in total. The van der Waals surface area contributed by atoms with Gasteiger partial charge in [0.1, 0.15) is 0 Å². The second-order valence-electron chi connectivity index (χ2n) is 7.74. The fourth-order valence-corrected chi connectivity index (χ4v) is 3.76. The van der Waals surface area contributed by atoms with Gasteiger partial charge in [-0.3, -0.25) is 14.9 Å². The SMILES string of the molecule is Cc1cc(C(=O)N[C@@H](C)c2ccc(N3CCC[C@@H](C)C3)cc2)ccc1[N+](=O)[O-]. The van der Waals surface area contributed by atoms with Crippen LogP contribution in [0.5, 0.6) is 0 Å². The Bertz CT molecular complexity index is 864. The fourth-order valence-electron chi connectivity index (χ4n) is 3.76. The first-order valence-electron chi connectivity index (χ1n) is 9.76. The molecule has 2 atom stereocenters. The van der Waals surface area contributed by atoms with Gasteiger partial charge in [0.25, 0.3) is 11.6 Å². The summed E-state index contributed by atoms with van der Waals surface area (Å²) in [5.41, 5.74) is 3.17. The van der Waals surface area contributed by atoms with Crippen molar-refractivity contribution in [1.82, 2.24) is 5.32 Å². The molecule has 6 heteroatoms. The van der Waals surface area contributed by atoms with Gasteiger partial charge in [0.2, 0.25) is 0 Å². The Labute approximate surface area is 165 Å². The molecule has 2 aromatic carbocycles. The van der Waals surface area contributed by atoms with Gasteiger partial charge in [-0.2, -0.15) is 0 Å². The van der Waals surface area contributed by atoms with E-state index < -0.39 is 4.92 Å². The molecule has 0 radical (unpaired) electrons. The fraction of sp³-hybridized carbons (Fsp3) is 0.409. The molecule has 1 heterocycles. The van der Waals surface area contributed by atoms with Crippen molar-refractivity contribution in [1.29, 1.82) is 0 Å². The normalized spacial score (nSPS) is 17.8. The molecule has 0 bridgehead atoms. The average molecular weight is 381 g/mol. The predicted octanol–water partition coefficient (Wildman–Crippen LogP) is 4.63. The van der Waals surface area contributed by atoms with Crippen LogP contribution in [0.3, 0.4) is 0 Å². The summed E-state index contributed by atoms with van der Waals surface area (Å²) < 4.78 is 0. The number of nitrogens with zero attached hydrogens (tertiary/aromatic N) is 2. The number of piperidine rings is 1.